The molecule has 19 heavy (non-hydrogen) atoms. The number of rotatable bonds is 3. The Kier molecular flexibility index (Phi) is 4.77. The molecule has 0 aliphatic heterocycles. The van der Waals surface area contributed by atoms with Gasteiger partial charge in [0.1, 0.15) is 5.75 Å². The minimum absolute atomic E-state index is 0.224. The van der Waals surface area contributed by atoms with E-state index in [1.807, 2.05) is 43.3 Å². The second kappa shape index (κ2) is 6.17. The number of halogens is 3. The van der Waals surface area contributed by atoms with Crippen LogP contribution in [0.3, 0.4) is 0 Å². The number of benzene rings is 2. The van der Waals surface area contributed by atoms with Gasteiger partial charge in [-0.2, -0.15) is 0 Å². The van der Waals surface area contributed by atoms with Crippen molar-refractivity contribution < 1.29 is 4.74 Å². The molecule has 0 saturated carbocycles. The molecule has 0 aliphatic rings. The van der Waals surface area contributed by atoms with Crippen molar-refractivity contribution >= 4 is 39.1 Å². The second-order valence-electron chi connectivity index (χ2n) is 4.25. The molecule has 0 fully saturated rings. The Morgan fingerprint density at radius 1 is 1.11 bits per heavy atom. The van der Waals surface area contributed by atoms with Crippen molar-refractivity contribution in [3.63, 3.8) is 0 Å². The van der Waals surface area contributed by atoms with Crippen LogP contribution in [0.2, 0.25) is 5.02 Å². The molecule has 0 aliphatic carbocycles. The average molecular weight is 360 g/mol. The lowest BCUT2D eigenvalue weighted by Gasteiger charge is -2.16. The summed E-state index contributed by atoms with van der Waals surface area (Å²) in [6.07, 6.45) is 0. The van der Waals surface area contributed by atoms with Crippen molar-refractivity contribution in [2.75, 3.05) is 7.11 Å². The van der Waals surface area contributed by atoms with E-state index in [9.17, 15) is 0 Å². The summed E-state index contributed by atoms with van der Waals surface area (Å²) in [6, 6.07) is 11.5. The van der Waals surface area contributed by atoms with Crippen LogP contribution < -0.4 is 4.74 Å². The van der Waals surface area contributed by atoms with Crippen molar-refractivity contribution in [1.29, 1.82) is 0 Å². The van der Waals surface area contributed by atoms with Gasteiger partial charge < -0.3 is 4.74 Å². The molecule has 2 rings (SSSR count). The van der Waals surface area contributed by atoms with Crippen molar-refractivity contribution in [2.24, 2.45) is 0 Å². The van der Waals surface area contributed by atoms with Crippen molar-refractivity contribution in [1.82, 2.24) is 0 Å². The van der Waals surface area contributed by atoms with Gasteiger partial charge in [-0.25, -0.2) is 0 Å². The van der Waals surface area contributed by atoms with E-state index < -0.39 is 0 Å². The molecule has 1 nitrogen and oxygen atoms in total. The maximum Gasteiger partial charge on any atom is 0.119 e. The van der Waals surface area contributed by atoms with E-state index in [-0.39, 0.29) is 5.38 Å². The predicted molar refractivity (Wildman–Crippen MR) is 84.6 cm³/mol. The van der Waals surface area contributed by atoms with Gasteiger partial charge in [0.15, 0.2) is 0 Å². The average Bonchev–Trinajstić information content (AvgIpc) is 2.37. The predicted octanol–water partition coefficient (Wildman–Crippen LogP) is 5.75. The van der Waals surface area contributed by atoms with E-state index in [2.05, 4.69) is 15.9 Å². The molecule has 0 aromatic heterocycles. The third-order valence-electron chi connectivity index (χ3n) is 2.99. The molecule has 0 saturated heterocycles. The molecule has 0 spiro atoms. The van der Waals surface area contributed by atoms with E-state index in [1.165, 1.54) is 0 Å². The van der Waals surface area contributed by atoms with Crippen molar-refractivity contribution in [2.45, 2.75) is 12.3 Å². The molecule has 0 radical (unpaired) electrons. The van der Waals surface area contributed by atoms with Crippen LogP contribution in [0.4, 0.5) is 0 Å². The number of hydrogen-bond donors (Lipinski definition) is 0. The van der Waals surface area contributed by atoms with E-state index in [4.69, 9.17) is 27.9 Å². The fourth-order valence-corrected chi connectivity index (χ4v) is 3.41. The molecule has 0 amide bonds. The van der Waals surface area contributed by atoms with Crippen molar-refractivity contribution in [3.05, 3.63) is 62.6 Å². The smallest absolute Gasteiger partial charge is 0.119 e. The Hall–Kier alpha value is -0.700. The van der Waals surface area contributed by atoms with Gasteiger partial charge in [-0.05, 0) is 47.9 Å². The van der Waals surface area contributed by atoms with Gasteiger partial charge in [0.25, 0.3) is 0 Å². The zero-order chi connectivity index (χ0) is 14.0. The molecule has 0 bridgehead atoms. The number of hydrogen-bond acceptors (Lipinski definition) is 1. The van der Waals surface area contributed by atoms with Crippen LogP contribution in [0.15, 0.2) is 40.9 Å². The maximum absolute atomic E-state index is 6.58. The normalized spacial score (nSPS) is 12.3. The quantitative estimate of drug-likeness (QED) is 0.634. The highest BCUT2D eigenvalue weighted by atomic mass is 79.9. The minimum Gasteiger partial charge on any atom is -0.497 e. The van der Waals surface area contributed by atoms with Crippen LogP contribution >= 0.6 is 39.1 Å². The van der Waals surface area contributed by atoms with Gasteiger partial charge in [0.05, 0.1) is 12.5 Å². The van der Waals surface area contributed by atoms with Gasteiger partial charge in [-0.3, -0.25) is 0 Å². The van der Waals surface area contributed by atoms with Crippen LogP contribution in [0, 0.1) is 6.92 Å². The molecule has 4 heteroatoms. The zero-order valence-electron chi connectivity index (χ0n) is 10.6. The summed E-state index contributed by atoms with van der Waals surface area (Å²) in [5.41, 5.74) is 3.16. The van der Waals surface area contributed by atoms with Crippen molar-refractivity contribution in [3.8, 4) is 5.75 Å². The Morgan fingerprint density at radius 3 is 2.37 bits per heavy atom. The largest absolute Gasteiger partial charge is 0.497 e. The van der Waals surface area contributed by atoms with Gasteiger partial charge in [-0.15, -0.1) is 11.6 Å². The van der Waals surface area contributed by atoms with E-state index in [0.717, 1.165) is 26.9 Å². The molecule has 100 valence electrons. The summed E-state index contributed by atoms with van der Waals surface area (Å²) in [6.45, 7) is 2.02. The fraction of sp³-hybridized carbons (Fsp3) is 0.200. The molecule has 1 atom stereocenters. The first-order valence-electron chi connectivity index (χ1n) is 5.76. The lowest BCUT2D eigenvalue weighted by molar-refractivity contribution is 0.414. The maximum atomic E-state index is 6.58. The molecular formula is C15H13BrCl2O. The monoisotopic (exact) mass is 358 g/mol. The van der Waals surface area contributed by atoms with Crippen LogP contribution in [0.25, 0.3) is 0 Å². The first-order valence-corrected chi connectivity index (χ1v) is 7.37. The van der Waals surface area contributed by atoms with Crippen LogP contribution in [-0.2, 0) is 0 Å². The molecule has 0 N–H and O–H groups in total. The Labute approximate surface area is 131 Å². The SMILES string of the molecule is COc1ccc(C(Cl)c2ccc(Cl)cc2Br)c(C)c1. The first-order chi connectivity index (χ1) is 9.02. The molecule has 2 aromatic carbocycles. The van der Waals surface area contributed by atoms with Crippen LogP contribution in [0.1, 0.15) is 22.1 Å². The summed E-state index contributed by atoms with van der Waals surface area (Å²) in [7, 11) is 1.66. The summed E-state index contributed by atoms with van der Waals surface area (Å²) >= 11 is 16.0. The highest BCUT2D eigenvalue weighted by Crippen LogP contribution is 2.37. The van der Waals surface area contributed by atoms with E-state index in [0.29, 0.717) is 5.02 Å². The lowest BCUT2D eigenvalue weighted by Crippen LogP contribution is -1.98. The zero-order valence-corrected chi connectivity index (χ0v) is 13.7. The number of aryl methyl sites for hydroxylation is 1. The van der Waals surface area contributed by atoms with Crippen LogP contribution in [0.5, 0.6) is 5.75 Å². The highest BCUT2D eigenvalue weighted by Gasteiger charge is 2.16. The van der Waals surface area contributed by atoms with Gasteiger partial charge in [-0.1, -0.05) is 39.7 Å². The van der Waals surface area contributed by atoms with E-state index >= 15 is 0 Å². The molecule has 2 aromatic rings. The fourth-order valence-electron chi connectivity index (χ4n) is 1.93. The number of alkyl halides is 1. The summed E-state index contributed by atoms with van der Waals surface area (Å²) < 4.78 is 6.12. The summed E-state index contributed by atoms with van der Waals surface area (Å²) in [5, 5.41) is 0.462. The Morgan fingerprint density at radius 2 is 1.79 bits per heavy atom. The van der Waals surface area contributed by atoms with Gasteiger partial charge in [0.2, 0.25) is 0 Å². The third-order valence-corrected chi connectivity index (χ3v) is 4.38. The first kappa shape index (κ1) is 14.7. The van der Waals surface area contributed by atoms with Gasteiger partial charge in [0, 0.05) is 9.50 Å². The second-order valence-corrected chi connectivity index (χ2v) is 5.98. The van der Waals surface area contributed by atoms with Gasteiger partial charge >= 0.3 is 0 Å². The third kappa shape index (κ3) is 3.25. The molecule has 1 unspecified atom stereocenters. The lowest BCUT2D eigenvalue weighted by atomic mass is 10.00. The number of methoxy groups -OCH3 is 1. The Balaban J connectivity index is 2.41. The topological polar surface area (TPSA) is 9.23 Å². The van der Waals surface area contributed by atoms with E-state index in [1.54, 1.807) is 7.11 Å². The Bertz CT molecular complexity index is 599. The molecule has 0 heterocycles. The number of ether oxygens (including phenoxy) is 1. The highest BCUT2D eigenvalue weighted by molar-refractivity contribution is 9.10. The standard InChI is InChI=1S/C15H13BrCl2O/c1-9-7-11(19-2)4-6-12(9)15(18)13-5-3-10(17)8-14(13)16/h3-8,15H,1-2H3. The minimum atomic E-state index is -0.224. The molecular weight excluding hydrogens is 347 g/mol. The summed E-state index contributed by atoms with van der Waals surface area (Å²) in [5.74, 6) is 0.834. The summed E-state index contributed by atoms with van der Waals surface area (Å²) in [4.78, 5) is 0. The van der Waals surface area contributed by atoms with Crippen LogP contribution in [-0.4, -0.2) is 7.11 Å².